The molecule has 0 bridgehead atoms. The maximum absolute atomic E-state index is 12.6. The van der Waals surface area contributed by atoms with Gasteiger partial charge in [-0.05, 0) is 28.0 Å². The van der Waals surface area contributed by atoms with Crippen molar-refractivity contribution in [3.05, 3.63) is 103 Å². The Morgan fingerprint density at radius 1 is 0.692 bits per heavy atom. The number of carbonyl (C=O) groups excluding carboxylic acids is 1. The van der Waals surface area contributed by atoms with Crippen LogP contribution in [0.1, 0.15) is 5.56 Å². The molecule has 1 N–H and O–H groups in total. The first-order valence-electron chi connectivity index (χ1n) is 8.71. The van der Waals surface area contributed by atoms with Gasteiger partial charge >= 0.3 is 0 Å². The number of rotatable bonds is 4. The summed E-state index contributed by atoms with van der Waals surface area (Å²) in [5.74, 6) is -0.0105. The second-order valence-electron chi connectivity index (χ2n) is 6.32. The number of anilines is 1. The Hall–Kier alpha value is -3.39. The molecule has 0 aliphatic rings. The first-order valence-corrected chi connectivity index (χ1v) is 8.71. The van der Waals surface area contributed by atoms with Gasteiger partial charge < -0.3 is 5.32 Å². The van der Waals surface area contributed by atoms with Crippen LogP contribution in [0.2, 0.25) is 0 Å². The van der Waals surface area contributed by atoms with E-state index in [0.29, 0.717) is 6.42 Å². The number of nitrogens with one attached hydrogen (secondary N) is 1. The maximum atomic E-state index is 12.6. The molecule has 0 aromatic heterocycles. The second kappa shape index (κ2) is 7.24. The van der Waals surface area contributed by atoms with Crippen molar-refractivity contribution < 1.29 is 4.79 Å². The van der Waals surface area contributed by atoms with Crippen molar-refractivity contribution >= 4 is 22.4 Å². The SMILES string of the molecule is O=C(Cc1ccc2ccccc2c1)Nc1ccccc1-c1ccccc1. The summed E-state index contributed by atoms with van der Waals surface area (Å²) < 4.78 is 0. The largest absolute Gasteiger partial charge is 0.325 e. The standard InChI is InChI=1S/C24H19NO/c26-24(17-18-14-15-19-8-4-5-11-21(19)16-18)25-23-13-7-6-12-22(23)20-9-2-1-3-10-20/h1-16H,17H2,(H,25,26). The van der Waals surface area contributed by atoms with Crippen molar-refractivity contribution in [2.45, 2.75) is 6.42 Å². The molecule has 0 aliphatic heterocycles. The van der Waals surface area contributed by atoms with Gasteiger partial charge in [0.15, 0.2) is 0 Å². The molecule has 4 rings (SSSR count). The molecule has 0 aliphatic carbocycles. The predicted octanol–water partition coefficient (Wildman–Crippen LogP) is 5.69. The van der Waals surface area contributed by atoms with Gasteiger partial charge in [-0.25, -0.2) is 0 Å². The van der Waals surface area contributed by atoms with Gasteiger partial charge in [0.25, 0.3) is 0 Å². The molecule has 1 amide bonds. The number of para-hydroxylation sites is 1. The summed E-state index contributed by atoms with van der Waals surface area (Å²) in [4.78, 5) is 12.6. The average Bonchev–Trinajstić information content (AvgIpc) is 2.69. The Morgan fingerprint density at radius 2 is 1.38 bits per heavy atom. The van der Waals surface area contributed by atoms with Gasteiger partial charge in [0, 0.05) is 11.3 Å². The third-order valence-corrected chi connectivity index (χ3v) is 4.46. The van der Waals surface area contributed by atoms with Gasteiger partial charge in [0.05, 0.1) is 6.42 Å². The Labute approximate surface area is 153 Å². The van der Waals surface area contributed by atoms with E-state index in [0.717, 1.165) is 27.8 Å². The number of amides is 1. The number of benzene rings is 4. The van der Waals surface area contributed by atoms with Gasteiger partial charge in [-0.15, -0.1) is 0 Å². The van der Waals surface area contributed by atoms with E-state index in [1.54, 1.807) is 0 Å². The first-order chi connectivity index (χ1) is 12.8. The molecular weight excluding hydrogens is 318 g/mol. The van der Waals surface area contributed by atoms with Crippen LogP contribution in [0.3, 0.4) is 0 Å². The first kappa shape index (κ1) is 16.1. The van der Waals surface area contributed by atoms with E-state index in [4.69, 9.17) is 0 Å². The van der Waals surface area contributed by atoms with Crippen LogP contribution in [0.15, 0.2) is 97.1 Å². The molecule has 0 spiro atoms. The molecule has 2 nitrogen and oxygen atoms in total. The Morgan fingerprint density at radius 3 is 2.23 bits per heavy atom. The van der Waals surface area contributed by atoms with E-state index in [1.165, 1.54) is 5.39 Å². The van der Waals surface area contributed by atoms with E-state index in [2.05, 4.69) is 29.6 Å². The highest BCUT2D eigenvalue weighted by atomic mass is 16.1. The quantitative estimate of drug-likeness (QED) is 0.509. The minimum Gasteiger partial charge on any atom is -0.325 e. The predicted molar refractivity (Wildman–Crippen MR) is 108 cm³/mol. The second-order valence-corrected chi connectivity index (χ2v) is 6.32. The average molecular weight is 337 g/mol. The summed E-state index contributed by atoms with van der Waals surface area (Å²) in [7, 11) is 0. The lowest BCUT2D eigenvalue weighted by atomic mass is 10.0. The van der Waals surface area contributed by atoms with Crippen LogP contribution in [0.25, 0.3) is 21.9 Å². The smallest absolute Gasteiger partial charge is 0.228 e. The summed E-state index contributed by atoms with van der Waals surface area (Å²) in [6.07, 6.45) is 0.355. The fraction of sp³-hybridized carbons (Fsp3) is 0.0417. The van der Waals surface area contributed by atoms with Crippen LogP contribution in [0.4, 0.5) is 5.69 Å². The molecule has 0 saturated carbocycles. The van der Waals surface area contributed by atoms with E-state index in [-0.39, 0.29) is 5.91 Å². The topological polar surface area (TPSA) is 29.1 Å². The lowest BCUT2D eigenvalue weighted by Crippen LogP contribution is -2.15. The number of fused-ring (bicyclic) bond motifs is 1. The Balaban J connectivity index is 1.55. The van der Waals surface area contributed by atoms with E-state index in [1.807, 2.05) is 72.8 Å². The van der Waals surface area contributed by atoms with Gasteiger partial charge in [-0.2, -0.15) is 0 Å². The molecule has 4 aromatic carbocycles. The molecule has 0 radical (unpaired) electrons. The van der Waals surface area contributed by atoms with Gasteiger partial charge in [0.1, 0.15) is 0 Å². The molecule has 126 valence electrons. The van der Waals surface area contributed by atoms with Crippen molar-refractivity contribution in [2.75, 3.05) is 5.32 Å². The zero-order chi connectivity index (χ0) is 17.8. The zero-order valence-corrected chi connectivity index (χ0v) is 14.4. The molecule has 4 aromatic rings. The van der Waals surface area contributed by atoms with Gasteiger partial charge in [-0.1, -0.05) is 91.0 Å². The number of hydrogen-bond donors (Lipinski definition) is 1. The minimum atomic E-state index is -0.0105. The van der Waals surface area contributed by atoms with Crippen molar-refractivity contribution in [1.82, 2.24) is 0 Å². The van der Waals surface area contributed by atoms with E-state index < -0.39 is 0 Å². The molecule has 2 heteroatoms. The van der Waals surface area contributed by atoms with Gasteiger partial charge in [-0.3, -0.25) is 4.79 Å². The molecule has 0 atom stereocenters. The van der Waals surface area contributed by atoms with Crippen molar-refractivity contribution in [1.29, 1.82) is 0 Å². The van der Waals surface area contributed by atoms with Crippen LogP contribution < -0.4 is 5.32 Å². The van der Waals surface area contributed by atoms with E-state index in [9.17, 15) is 4.79 Å². The lowest BCUT2D eigenvalue weighted by molar-refractivity contribution is -0.115. The van der Waals surface area contributed by atoms with E-state index >= 15 is 0 Å². The molecule has 0 unspecified atom stereocenters. The van der Waals surface area contributed by atoms with Crippen molar-refractivity contribution in [2.24, 2.45) is 0 Å². The highest BCUT2D eigenvalue weighted by molar-refractivity contribution is 5.97. The maximum Gasteiger partial charge on any atom is 0.228 e. The molecule has 0 fully saturated rings. The van der Waals surface area contributed by atoms with Crippen molar-refractivity contribution in [3.63, 3.8) is 0 Å². The number of hydrogen-bond acceptors (Lipinski definition) is 1. The highest BCUT2D eigenvalue weighted by Crippen LogP contribution is 2.27. The summed E-state index contributed by atoms with van der Waals surface area (Å²) in [6, 6.07) is 32.4. The number of carbonyl (C=O) groups is 1. The fourth-order valence-corrected chi connectivity index (χ4v) is 3.19. The lowest BCUT2D eigenvalue weighted by Gasteiger charge is -2.11. The molecule has 0 saturated heterocycles. The van der Waals surface area contributed by atoms with Crippen LogP contribution in [-0.4, -0.2) is 5.91 Å². The minimum absolute atomic E-state index is 0.0105. The summed E-state index contributed by atoms with van der Waals surface area (Å²) >= 11 is 0. The summed E-state index contributed by atoms with van der Waals surface area (Å²) in [5, 5.41) is 5.41. The molecular formula is C24H19NO. The third-order valence-electron chi connectivity index (χ3n) is 4.46. The van der Waals surface area contributed by atoms with Crippen LogP contribution in [0.5, 0.6) is 0 Å². The summed E-state index contributed by atoms with van der Waals surface area (Å²) in [5.41, 5.74) is 3.97. The Bertz CT molecular complexity index is 1050. The monoisotopic (exact) mass is 337 g/mol. The normalized spacial score (nSPS) is 10.6. The summed E-state index contributed by atoms with van der Waals surface area (Å²) in [6.45, 7) is 0. The van der Waals surface area contributed by atoms with Crippen LogP contribution in [-0.2, 0) is 11.2 Å². The fourth-order valence-electron chi connectivity index (χ4n) is 3.19. The van der Waals surface area contributed by atoms with Gasteiger partial charge in [0.2, 0.25) is 5.91 Å². The molecule has 0 heterocycles. The third kappa shape index (κ3) is 3.50. The Kier molecular flexibility index (Phi) is 4.48. The highest BCUT2D eigenvalue weighted by Gasteiger charge is 2.09. The van der Waals surface area contributed by atoms with Crippen molar-refractivity contribution in [3.8, 4) is 11.1 Å². The van der Waals surface area contributed by atoms with Crippen LogP contribution in [0, 0.1) is 0 Å². The molecule has 26 heavy (non-hydrogen) atoms. The van der Waals surface area contributed by atoms with Crippen LogP contribution >= 0.6 is 0 Å². The zero-order valence-electron chi connectivity index (χ0n) is 14.4.